The summed E-state index contributed by atoms with van der Waals surface area (Å²) < 4.78 is 42.1. The second-order valence-electron chi connectivity index (χ2n) is 7.73. The maximum absolute atomic E-state index is 14.2. The summed E-state index contributed by atoms with van der Waals surface area (Å²) in [4.78, 5) is 14.2. The Labute approximate surface area is 177 Å². The SMILES string of the molecule is CN1CCCc2ccc(Nc3nc(Cc4c(F)ccc(F)c4F)c4cc[nH]c4n3)cc21. The van der Waals surface area contributed by atoms with E-state index >= 15 is 0 Å². The summed E-state index contributed by atoms with van der Waals surface area (Å²) in [5.74, 6) is -2.81. The van der Waals surface area contributed by atoms with E-state index in [1.807, 2.05) is 12.1 Å². The predicted octanol–water partition coefficient (Wildman–Crippen LogP) is 5.09. The molecule has 2 aromatic carbocycles. The maximum atomic E-state index is 14.2. The highest BCUT2D eigenvalue weighted by atomic mass is 19.2. The number of nitrogens with zero attached hydrogens (tertiary/aromatic N) is 3. The molecule has 0 saturated heterocycles. The molecule has 8 heteroatoms. The van der Waals surface area contributed by atoms with Gasteiger partial charge >= 0.3 is 0 Å². The van der Waals surface area contributed by atoms with E-state index in [0.717, 1.165) is 42.9 Å². The molecule has 5 rings (SSSR count). The summed E-state index contributed by atoms with van der Waals surface area (Å²) in [5.41, 5.74) is 3.82. The number of H-pyrrole nitrogens is 1. The van der Waals surface area contributed by atoms with Gasteiger partial charge in [0.25, 0.3) is 0 Å². The highest BCUT2D eigenvalue weighted by Gasteiger charge is 2.18. The highest BCUT2D eigenvalue weighted by molar-refractivity contribution is 5.80. The minimum absolute atomic E-state index is 0.200. The van der Waals surface area contributed by atoms with Crippen molar-refractivity contribution in [2.45, 2.75) is 19.3 Å². The Morgan fingerprint density at radius 1 is 1.06 bits per heavy atom. The fourth-order valence-corrected chi connectivity index (χ4v) is 4.06. The average Bonchev–Trinajstić information content (AvgIpc) is 3.23. The Hall–Kier alpha value is -3.55. The van der Waals surface area contributed by atoms with Crippen LogP contribution in [0.15, 0.2) is 42.6 Å². The van der Waals surface area contributed by atoms with Gasteiger partial charge in [-0.05, 0) is 48.7 Å². The third-order valence-electron chi connectivity index (χ3n) is 5.67. The lowest BCUT2D eigenvalue weighted by Crippen LogP contribution is -2.24. The van der Waals surface area contributed by atoms with E-state index in [0.29, 0.717) is 22.7 Å². The van der Waals surface area contributed by atoms with Crippen molar-refractivity contribution in [2.75, 3.05) is 23.8 Å². The molecule has 5 nitrogen and oxygen atoms in total. The van der Waals surface area contributed by atoms with E-state index in [1.54, 1.807) is 12.3 Å². The third-order valence-corrected chi connectivity index (χ3v) is 5.67. The molecule has 0 saturated carbocycles. The Balaban J connectivity index is 1.52. The van der Waals surface area contributed by atoms with Gasteiger partial charge in [0.15, 0.2) is 11.6 Å². The minimum atomic E-state index is -1.20. The first-order chi connectivity index (χ1) is 15.0. The van der Waals surface area contributed by atoms with Gasteiger partial charge in [-0.3, -0.25) is 0 Å². The van der Waals surface area contributed by atoms with E-state index in [2.05, 4.69) is 38.3 Å². The summed E-state index contributed by atoms with van der Waals surface area (Å²) >= 11 is 0. The van der Waals surface area contributed by atoms with Crippen LogP contribution >= 0.6 is 0 Å². The Morgan fingerprint density at radius 3 is 2.77 bits per heavy atom. The topological polar surface area (TPSA) is 56.8 Å². The van der Waals surface area contributed by atoms with Crippen molar-refractivity contribution >= 4 is 28.4 Å². The van der Waals surface area contributed by atoms with E-state index in [1.165, 1.54) is 5.56 Å². The van der Waals surface area contributed by atoms with Gasteiger partial charge in [-0.1, -0.05) is 6.07 Å². The number of aromatic nitrogens is 3. The van der Waals surface area contributed by atoms with Gasteiger partial charge in [0, 0.05) is 48.5 Å². The van der Waals surface area contributed by atoms with Crippen LogP contribution in [0.1, 0.15) is 23.2 Å². The fourth-order valence-electron chi connectivity index (χ4n) is 4.06. The number of hydrogen-bond donors (Lipinski definition) is 2. The Bertz CT molecular complexity index is 1280. The summed E-state index contributed by atoms with van der Waals surface area (Å²) in [6.45, 7) is 0.996. The molecule has 3 heterocycles. The van der Waals surface area contributed by atoms with Gasteiger partial charge in [-0.2, -0.15) is 4.98 Å². The molecule has 0 unspecified atom stereocenters. The zero-order valence-corrected chi connectivity index (χ0v) is 16.8. The van der Waals surface area contributed by atoms with Crippen LogP contribution in [0.25, 0.3) is 11.0 Å². The molecular formula is C23H20F3N5. The summed E-state index contributed by atoms with van der Waals surface area (Å²) in [7, 11) is 2.06. The predicted molar refractivity (Wildman–Crippen MR) is 114 cm³/mol. The van der Waals surface area contributed by atoms with E-state index in [-0.39, 0.29) is 12.0 Å². The van der Waals surface area contributed by atoms with Crippen molar-refractivity contribution in [1.82, 2.24) is 15.0 Å². The van der Waals surface area contributed by atoms with Gasteiger partial charge in [0.2, 0.25) is 5.95 Å². The van der Waals surface area contributed by atoms with E-state index < -0.39 is 17.5 Å². The number of fused-ring (bicyclic) bond motifs is 2. The molecule has 0 radical (unpaired) electrons. The van der Waals surface area contributed by atoms with E-state index in [9.17, 15) is 13.2 Å². The number of anilines is 3. The second-order valence-corrected chi connectivity index (χ2v) is 7.73. The minimum Gasteiger partial charge on any atom is -0.374 e. The molecule has 2 N–H and O–H groups in total. The molecule has 0 atom stereocenters. The largest absolute Gasteiger partial charge is 0.374 e. The third kappa shape index (κ3) is 3.58. The van der Waals surface area contributed by atoms with Crippen LogP contribution in [-0.2, 0) is 12.8 Å². The van der Waals surface area contributed by atoms with Crippen molar-refractivity contribution in [1.29, 1.82) is 0 Å². The van der Waals surface area contributed by atoms with Gasteiger partial charge in [0.05, 0.1) is 5.69 Å². The van der Waals surface area contributed by atoms with Crippen LogP contribution < -0.4 is 10.2 Å². The quantitative estimate of drug-likeness (QED) is 0.449. The number of benzene rings is 2. The number of nitrogens with one attached hydrogen (secondary N) is 2. The average molecular weight is 423 g/mol. The number of aryl methyl sites for hydroxylation is 1. The first-order valence-electron chi connectivity index (χ1n) is 10.1. The normalized spacial score (nSPS) is 13.5. The molecule has 158 valence electrons. The number of rotatable bonds is 4. The lowest BCUT2D eigenvalue weighted by Gasteiger charge is -2.28. The second kappa shape index (κ2) is 7.61. The lowest BCUT2D eigenvalue weighted by atomic mass is 10.0. The molecule has 1 aliphatic heterocycles. The maximum Gasteiger partial charge on any atom is 0.229 e. The van der Waals surface area contributed by atoms with Crippen molar-refractivity contribution in [3.63, 3.8) is 0 Å². The van der Waals surface area contributed by atoms with Gasteiger partial charge in [-0.25, -0.2) is 18.2 Å². The Morgan fingerprint density at radius 2 is 1.90 bits per heavy atom. The molecular weight excluding hydrogens is 403 g/mol. The van der Waals surface area contributed by atoms with Crippen LogP contribution in [0, 0.1) is 17.5 Å². The van der Waals surface area contributed by atoms with Crippen molar-refractivity contribution in [3.8, 4) is 0 Å². The van der Waals surface area contributed by atoms with Crippen LogP contribution in [0.3, 0.4) is 0 Å². The monoisotopic (exact) mass is 423 g/mol. The van der Waals surface area contributed by atoms with Gasteiger partial charge < -0.3 is 15.2 Å². The molecule has 31 heavy (non-hydrogen) atoms. The van der Waals surface area contributed by atoms with Gasteiger partial charge in [0.1, 0.15) is 11.5 Å². The van der Waals surface area contributed by atoms with Crippen LogP contribution in [0.5, 0.6) is 0 Å². The number of halogens is 3. The lowest BCUT2D eigenvalue weighted by molar-refractivity contribution is 0.482. The first-order valence-corrected chi connectivity index (χ1v) is 10.1. The smallest absolute Gasteiger partial charge is 0.229 e. The van der Waals surface area contributed by atoms with Crippen molar-refractivity contribution in [2.24, 2.45) is 0 Å². The van der Waals surface area contributed by atoms with Crippen LogP contribution in [0.4, 0.5) is 30.5 Å². The number of aromatic amines is 1. The molecule has 0 aliphatic carbocycles. The van der Waals surface area contributed by atoms with Crippen LogP contribution in [0.2, 0.25) is 0 Å². The standard InChI is InChI=1S/C23H20F3N5/c1-31-10-2-3-13-4-5-14(11-20(13)31)28-23-29-19(15-8-9-27-22(15)30-23)12-16-17(24)6-7-18(25)21(16)26/h4-9,11H,2-3,10,12H2,1H3,(H2,27,28,29,30). The van der Waals surface area contributed by atoms with Crippen molar-refractivity contribution in [3.05, 3.63) is 76.9 Å². The highest BCUT2D eigenvalue weighted by Crippen LogP contribution is 2.30. The molecule has 0 bridgehead atoms. The molecule has 4 aromatic rings. The number of hydrogen-bond acceptors (Lipinski definition) is 4. The fraction of sp³-hybridized carbons (Fsp3) is 0.217. The zero-order valence-electron chi connectivity index (χ0n) is 16.8. The van der Waals surface area contributed by atoms with E-state index in [4.69, 9.17) is 0 Å². The summed E-state index contributed by atoms with van der Waals surface area (Å²) in [6.07, 6.45) is 3.64. The molecule has 0 spiro atoms. The summed E-state index contributed by atoms with van der Waals surface area (Å²) in [5, 5.41) is 3.82. The Kier molecular flexibility index (Phi) is 4.77. The molecule has 0 fully saturated rings. The molecule has 0 amide bonds. The molecule has 2 aromatic heterocycles. The van der Waals surface area contributed by atoms with Crippen molar-refractivity contribution < 1.29 is 13.2 Å². The summed E-state index contributed by atoms with van der Waals surface area (Å²) in [6, 6.07) is 9.52. The van der Waals surface area contributed by atoms with Gasteiger partial charge in [-0.15, -0.1) is 0 Å². The first kappa shape index (κ1) is 19.4. The van der Waals surface area contributed by atoms with Crippen LogP contribution in [-0.4, -0.2) is 28.5 Å². The molecule has 1 aliphatic rings. The zero-order chi connectivity index (χ0) is 21.5.